The summed E-state index contributed by atoms with van der Waals surface area (Å²) in [5.41, 5.74) is 3.56. The maximum Gasteiger partial charge on any atom is 0.253 e. The van der Waals surface area contributed by atoms with Crippen molar-refractivity contribution in [3.05, 3.63) is 65.1 Å². The van der Waals surface area contributed by atoms with Gasteiger partial charge in [-0.15, -0.1) is 0 Å². The maximum absolute atomic E-state index is 13.8. The van der Waals surface area contributed by atoms with Gasteiger partial charge in [0.05, 0.1) is 0 Å². The Bertz CT molecular complexity index is 1160. The van der Waals surface area contributed by atoms with Crippen molar-refractivity contribution in [3.8, 4) is 5.75 Å². The number of aromatic nitrogens is 1. The normalized spacial score (nSPS) is 17.1. The molecule has 1 aromatic heterocycles. The third-order valence-electron chi connectivity index (χ3n) is 6.29. The van der Waals surface area contributed by atoms with Gasteiger partial charge in [-0.2, -0.15) is 0 Å². The molecule has 0 atom stereocenters. The standard InChI is InChI=1S/C24H23FN2O3/c1-26-13-21(20-12-18(25)3-4-22(20)26)15-6-8-27(9-7-15)24(29)16-2-5-23-17(10-16)11-19(28)14-30-23/h2-5,10,12-13,15H,6-9,11,14H2,1H3. The number of Topliss-reactive ketones (excluding diaryl/α,β-unsaturated/α-hetero) is 1. The van der Waals surface area contributed by atoms with Gasteiger partial charge in [0, 0.05) is 54.8 Å². The van der Waals surface area contributed by atoms with Crippen LogP contribution in [0.1, 0.15) is 40.2 Å². The Labute approximate surface area is 174 Å². The van der Waals surface area contributed by atoms with E-state index in [1.54, 1.807) is 24.3 Å². The van der Waals surface area contributed by atoms with E-state index in [2.05, 4.69) is 6.20 Å². The molecule has 1 amide bonds. The fraction of sp³-hybridized carbons (Fsp3) is 0.333. The summed E-state index contributed by atoms with van der Waals surface area (Å²) in [5.74, 6) is 0.775. The van der Waals surface area contributed by atoms with Crippen molar-refractivity contribution in [2.75, 3.05) is 19.7 Å². The molecule has 5 rings (SSSR count). The zero-order chi connectivity index (χ0) is 20.8. The Morgan fingerprint density at radius 3 is 2.73 bits per heavy atom. The summed E-state index contributed by atoms with van der Waals surface area (Å²) in [6, 6.07) is 10.3. The third kappa shape index (κ3) is 3.26. The van der Waals surface area contributed by atoms with Crippen LogP contribution in [-0.4, -0.2) is 40.9 Å². The van der Waals surface area contributed by atoms with Crippen LogP contribution >= 0.6 is 0 Å². The predicted octanol–water partition coefficient (Wildman–Crippen LogP) is 3.84. The minimum absolute atomic E-state index is 0.0155. The van der Waals surface area contributed by atoms with Crippen LogP contribution in [0.4, 0.5) is 4.39 Å². The van der Waals surface area contributed by atoms with E-state index >= 15 is 0 Å². The number of ether oxygens (including phenoxy) is 1. The SMILES string of the molecule is Cn1cc(C2CCN(C(=O)c3ccc4c(c3)CC(=O)CO4)CC2)c2cc(F)ccc21. The van der Waals surface area contributed by atoms with Gasteiger partial charge in [-0.25, -0.2) is 4.39 Å². The summed E-state index contributed by atoms with van der Waals surface area (Å²) in [6.07, 6.45) is 4.09. The van der Waals surface area contributed by atoms with E-state index in [1.165, 1.54) is 6.07 Å². The van der Waals surface area contributed by atoms with Crippen LogP contribution in [0.3, 0.4) is 0 Å². The second-order valence-corrected chi connectivity index (χ2v) is 8.25. The summed E-state index contributed by atoms with van der Waals surface area (Å²) < 4.78 is 21.3. The lowest BCUT2D eigenvalue weighted by Crippen LogP contribution is -2.38. The number of benzene rings is 2. The number of amides is 1. The summed E-state index contributed by atoms with van der Waals surface area (Å²) in [7, 11) is 1.98. The number of hydrogen-bond donors (Lipinski definition) is 0. The molecule has 0 aliphatic carbocycles. The van der Waals surface area contributed by atoms with Crippen molar-refractivity contribution < 1.29 is 18.7 Å². The number of likely N-dealkylation sites (tertiary alicyclic amines) is 1. The van der Waals surface area contributed by atoms with Crippen molar-refractivity contribution in [3.63, 3.8) is 0 Å². The number of halogens is 1. The van der Waals surface area contributed by atoms with Crippen LogP contribution in [0, 0.1) is 5.82 Å². The highest BCUT2D eigenvalue weighted by atomic mass is 19.1. The van der Waals surface area contributed by atoms with Crippen molar-refractivity contribution in [1.82, 2.24) is 9.47 Å². The Hall–Kier alpha value is -3.15. The van der Waals surface area contributed by atoms with Gasteiger partial charge in [-0.3, -0.25) is 9.59 Å². The van der Waals surface area contributed by atoms with Gasteiger partial charge in [0.15, 0.2) is 5.78 Å². The van der Waals surface area contributed by atoms with Crippen LogP contribution in [0.2, 0.25) is 0 Å². The highest BCUT2D eigenvalue weighted by Gasteiger charge is 2.27. The molecule has 1 fully saturated rings. The predicted molar refractivity (Wildman–Crippen MR) is 111 cm³/mol. The first-order chi connectivity index (χ1) is 14.5. The summed E-state index contributed by atoms with van der Waals surface area (Å²) in [5, 5.41) is 0.960. The Balaban J connectivity index is 1.32. The van der Waals surface area contributed by atoms with E-state index in [4.69, 9.17) is 4.74 Å². The molecular formula is C24H23FN2O3. The Kier molecular flexibility index (Phi) is 4.57. The molecule has 0 N–H and O–H groups in total. The molecule has 0 bridgehead atoms. The molecule has 2 aromatic carbocycles. The van der Waals surface area contributed by atoms with Crippen LogP contribution in [-0.2, 0) is 18.3 Å². The molecule has 2 aliphatic heterocycles. The van der Waals surface area contributed by atoms with E-state index in [1.807, 2.05) is 22.6 Å². The first-order valence-corrected chi connectivity index (χ1v) is 10.3. The summed E-state index contributed by atoms with van der Waals surface area (Å²) in [4.78, 5) is 26.5. The first-order valence-electron chi connectivity index (χ1n) is 10.3. The molecule has 6 heteroatoms. The minimum Gasteiger partial charge on any atom is -0.486 e. The number of hydrogen-bond acceptors (Lipinski definition) is 3. The molecule has 3 aromatic rings. The molecular weight excluding hydrogens is 383 g/mol. The Morgan fingerprint density at radius 1 is 1.13 bits per heavy atom. The highest BCUT2D eigenvalue weighted by molar-refractivity contribution is 5.95. The zero-order valence-electron chi connectivity index (χ0n) is 16.9. The lowest BCUT2D eigenvalue weighted by atomic mass is 9.89. The number of carbonyl (C=O) groups is 2. The first kappa shape index (κ1) is 18.9. The zero-order valence-corrected chi connectivity index (χ0v) is 16.9. The number of aryl methyl sites for hydroxylation is 1. The number of carbonyl (C=O) groups excluding carboxylic acids is 2. The highest BCUT2D eigenvalue weighted by Crippen LogP contribution is 2.35. The van der Waals surface area contributed by atoms with Gasteiger partial charge in [0.25, 0.3) is 5.91 Å². The number of fused-ring (bicyclic) bond motifs is 2. The molecule has 5 nitrogen and oxygen atoms in total. The molecule has 0 saturated carbocycles. The maximum atomic E-state index is 13.8. The number of ketones is 1. The molecule has 0 radical (unpaired) electrons. The number of nitrogens with zero attached hydrogens (tertiary/aromatic N) is 2. The van der Waals surface area contributed by atoms with E-state index in [9.17, 15) is 14.0 Å². The molecule has 30 heavy (non-hydrogen) atoms. The van der Waals surface area contributed by atoms with Crippen molar-refractivity contribution in [2.45, 2.75) is 25.2 Å². The lowest BCUT2D eigenvalue weighted by molar-refractivity contribution is -0.121. The van der Waals surface area contributed by atoms with Gasteiger partial charge >= 0.3 is 0 Å². The molecule has 0 spiro atoms. The molecule has 1 saturated heterocycles. The van der Waals surface area contributed by atoms with Crippen molar-refractivity contribution in [1.29, 1.82) is 0 Å². The van der Waals surface area contributed by atoms with Crippen molar-refractivity contribution >= 4 is 22.6 Å². The average molecular weight is 406 g/mol. The molecule has 2 aliphatic rings. The molecule has 154 valence electrons. The van der Waals surface area contributed by atoms with Gasteiger partial charge in [-0.05, 0) is 60.7 Å². The van der Waals surface area contributed by atoms with E-state index in [0.717, 1.165) is 34.9 Å². The van der Waals surface area contributed by atoms with Crippen LogP contribution < -0.4 is 4.74 Å². The number of piperidine rings is 1. The van der Waals surface area contributed by atoms with Crippen LogP contribution in [0.15, 0.2) is 42.6 Å². The van der Waals surface area contributed by atoms with Crippen LogP contribution in [0.25, 0.3) is 10.9 Å². The fourth-order valence-electron chi connectivity index (χ4n) is 4.71. The topological polar surface area (TPSA) is 51.5 Å². The quantitative estimate of drug-likeness (QED) is 0.650. The van der Waals surface area contributed by atoms with Crippen molar-refractivity contribution in [2.24, 2.45) is 7.05 Å². The Morgan fingerprint density at radius 2 is 1.93 bits per heavy atom. The fourth-order valence-corrected chi connectivity index (χ4v) is 4.71. The monoisotopic (exact) mass is 406 g/mol. The third-order valence-corrected chi connectivity index (χ3v) is 6.29. The number of rotatable bonds is 2. The average Bonchev–Trinajstić information content (AvgIpc) is 3.08. The van der Waals surface area contributed by atoms with E-state index < -0.39 is 0 Å². The molecule has 3 heterocycles. The van der Waals surface area contributed by atoms with Gasteiger partial charge in [0.1, 0.15) is 18.2 Å². The van der Waals surface area contributed by atoms with Gasteiger partial charge in [0.2, 0.25) is 0 Å². The van der Waals surface area contributed by atoms with Gasteiger partial charge < -0.3 is 14.2 Å². The van der Waals surface area contributed by atoms with Crippen LogP contribution in [0.5, 0.6) is 5.75 Å². The lowest BCUT2D eigenvalue weighted by Gasteiger charge is -2.32. The van der Waals surface area contributed by atoms with Gasteiger partial charge in [-0.1, -0.05) is 0 Å². The largest absolute Gasteiger partial charge is 0.486 e. The minimum atomic E-state index is -0.225. The van der Waals surface area contributed by atoms with E-state index in [0.29, 0.717) is 36.7 Å². The summed E-state index contributed by atoms with van der Waals surface area (Å²) >= 11 is 0. The molecule has 0 unspecified atom stereocenters. The summed E-state index contributed by atoms with van der Waals surface area (Å²) in [6.45, 7) is 1.41. The second-order valence-electron chi connectivity index (χ2n) is 8.25. The smallest absolute Gasteiger partial charge is 0.253 e. The van der Waals surface area contributed by atoms with E-state index in [-0.39, 0.29) is 24.1 Å². The second kappa shape index (κ2) is 7.27.